The Morgan fingerprint density at radius 2 is 2.10 bits per heavy atom. The van der Waals surface area contributed by atoms with E-state index >= 15 is 0 Å². The fourth-order valence-corrected chi connectivity index (χ4v) is 2.33. The van der Waals surface area contributed by atoms with Gasteiger partial charge in [0.25, 0.3) is 0 Å². The van der Waals surface area contributed by atoms with Crippen LogP contribution in [0.3, 0.4) is 0 Å². The number of nitrogens with zero attached hydrogens (tertiary/aromatic N) is 2. The first-order valence-corrected chi connectivity index (χ1v) is 7.65. The largest absolute Gasteiger partial charge is 0.331 e. The van der Waals surface area contributed by atoms with Gasteiger partial charge in [-0.25, -0.2) is 5.01 Å². The van der Waals surface area contributed by atoms with Gasteiger partial charge in [-0.3, -0.25) is 4.79 Å². The van der Waals surface area contributed by atoms with Gasteiger partial charge >= 0.3 is 0 Å². The summed E-state index contributed by atoms with van der Waals surface area (Å²) in [6, 6.07) is 10.7. The van der Waals surface area contributed by atoms with Gasteiger partial charge < -0.3 is 5.32 Å². The normalized spacial score (nSPS) is 10.6. The molecule has 0 aliphatic rings. The predicted molar refractivity (Wildman–Crippen MR) is 92.6 cm³/mol. The van der Waals surface area contributed by atoms with Crippen LogP contribution in [0.15, 0.2) is 46.9 Å². The van der Waals surface area contributed by atoms with Gasteiger partial charge in [0.15, 0.2) is 5.11 Å². The molecule has 0 aliphatic carbocycles. The van der Waals surface area contributed by atoms with Crippen molar-refractivity contribution in [2.24, 2.45) is 5.10 Å². The fourth-order valence-electron chi connectivity index (χ4n) is 1.41. The molecular weight excluding hydrogens is 326 g/mol. The number of benzene rings is 1. The molecule has 0 saturated heterocycles. The number of Topliss-reactive ketones (excluding diaryl/α,β-unsaturated/α-hetero) is 1. The molecule has 0 atom stereocenters. The fraction of sp³-hybridized carbons (Fsp3) is 0.0714. The van der Waals surface area contributed by atoms with Crippen molar-refractivity contribution in [3.05, 3.63) is 51.7 Å². The number of carbonyl (C=O) groups excluding carboxylic acids is 1. The van der Waals surface area contributed by atoms with Crippen molar-refractivity contribution >= 4 is 58.0 Å². The van der Waals surface area contributed by atoms with Crippen LogP contribution in [0.2, 0.25) is 5.02 Å². The van der Waals surface area contributed by atoms with E-state index in [1.807, 2.05) is 23.6 Å². The van der Waals surface area contributed by atoms with Crippen LogP contribution in [0.25, 0.3) is 0 Å². The molecule has 7 heteroatoms. The van der Waals surface area contributed by atoms with Crippen molar-refractivity contribution in [1.82, 2.24) is 5.01 Å². The summed E-state index contributed by atoms with van der Waals surface area (Å²) in [5, 5.41) is 11.3. The second-order valence-electron chi connectivity index (χ2n) is 4.05. The summed E-state index contributed by atoms with van der Waals surface area (Å²) >= 11 is 12.4. The van der Waals surface area contributed by atoms with Gasteiger partial charge in [0.2, 0.25) is 5.78 Å². The molecule has 0 radical (unpaired) electrons. The highest BCUT2D eigenvalue weighted by Crippen LogP contribution is 2.14. The maximum Gasteiger partial charge on any atom is 0.215 e. The summed E-state index contributed by atoms with van der Waals surface area (Å²) in [5.74, 6) is -0.147. The van der Waals surface area contributed by atoms with Crippen LogP contribution in [0, 0.1) is 0 Å². The van der Waals surface area contributed by atoms with Crippen molar-refractivity contribution in [2.75, 3.05) is 12.4 Å². The van der Waals surface area contributed by atoms with Gasteiger partial charge in [-0.15, -0.1) is 11.3 Å². The third-order valence-electron chi connectivity index (χ3n) is 2.50. The zero-order chi connectivity index (χ0) is 15.2. The summed E-state index contributed by atoms with van der Waals surface area (Å²) in [7, 11) is 1.67. The topological polar surface area (TPSA) is 44.7 Å². The molecule has 2 rings (SSSR count). The van der Waals surface area contributed by atoms with E-state index in [2.05, 4.69) is 10.4 Å². The van der Waals surface area contributed by atoms with E-state index in [0.29, 0.717) is 15.0 Å². The van der Waals surface area contributed by atoms with Crippen LogP contribution in [0.5, 0.6) is 0 Å². The minimum absolute atomic E-state index is 0.147. The zero-order valence-corrected chi connectivity index (χ0v) is 13.5. The summed E-state index contributed by atoms with van der Waals surface area (Å²) in [6.07, 6.45) is 1.25. The summed E-state index contributed by atoms with van der Waals surface area (Å²) in [6.45, 7) is 0. The lowest BCUT2D eigenvalue weighted by atomic mass is 10.3. The third-order valence-corrected chi connectivity index (χ3v) is 4.00. The first-order valence-electron chi connectivity index (χ1n) is 5.98. The number of thiophene rings is 1. The molecule has 1 N–H and O–H groups in total. The predicted octanol–water partition coefficient (Wildman–Crippen LogP) is 3.90. The first-order chi connectivity index (χ1) is 10.1. The number of carbonyl (C=O) groups is 1. The van der Waals surface area contributed by atoms with Crippen LogP contribution in [0.1, 0.15) is 9.67 Å². The van der Waals surface area contributed by atoms with Crippen molar-refractivity contribution in [1.29, 1.82) is 0 Å². The molecule has 1 heterocycles. The van der Waals surface area contributed by atoms with E-state index < -0.39 is 0 Å². The number of hydrazone groups is 1. The Hall–Kier alpha value is -1.76. The number of anilines is 1. The molecular formula is C14H12ClN3OS2. The average molecular weight is 338 g/mol. The summed E-state index contributed by atoms with van der Waals surface area (Å²) < 4.78 is 0. The number of nitrogens with one attached hydrogen (secondary N) is 1. The van der Waals surface area contributed by atoms with Gasteiger partial charge in [0.05, 0.1) is 11.1 Å². The molecule has 0 saturated carbocycles. The second-order valence-corrected chi connectivity index (χ2v) is 5.82. The highest BCUT2D eigenvalue weighted by Gasteiger charge is 2.06. The molecule has 1 aromatic carbocycles. The number of halogens is 1. The first kappa shape index (κ1) is 15.6. The minimum Gasteiger partial charge on any atom is -0.331 e. The Morgan fingerprint density at radius 1 is 1.38 bits per heavy atom. The average Bonchev–Trinajstić information content (AvgIpc) is 3.01. The second kappa shape index (κ2) is 7.31. The van der Waals surface area contributed by atoms with Crippen LogP contribution < -0.4 is 5.32 Å². The third kappa shape index (κ3) is 4.63. The van der Waals surface area contributed by atoms with Gasteiger partial charge in [0.1, 0.15) is 0 Å². The Balaban J connectivity index is 1.93. The smallest absolute Gasteiger partial charge is 0.215 e. The minimum atomic E-state index is -0.147. The number of rotatable bonds is 4. The van der Waals surface area contributed by atoms with E-state index in [9.17, 15) is 4.79 Å². The summed E-state index contributed by atoms with van der Waals surface area (Å²) in [4.78, 5) is 12.4. The number of ketones is 1. The monoisotopic (exact) mass is 337 g/mol. The van der Waals surface area contributed by atoms with Crippen LogP contribution in [-0.4, -0.2) is 29.2 Å². The van der Waals surface area contributed by atoms with Crippen LogP contribution in [-0.2, 0) is 0 Å². The van der Waals surface area contributed by atoms with E-state index in [1.54, 1.807) is 25.2 Å². The molecule has 4 nitrogen and oxygen atoms in total. The molecule has 0 bridgehead atoms. The zero-order valence-electron chi connectivity index (χ0n) is 11.1. The molecule has 21 heavy (non-hydrogen) atoms. The molecule has 2 aromatic rings. The summed E-state index contributed by atoms with van der Waals surface area (Å²) in [5.41, 5.74) is 0.802. The molecule has 1 aromatic heterocycles. The number of thiocarbonyl (C=S) groups is 1. The highest BCUT2D eigenvalue weighted by molar-refractivity contribution is 7.80. The molecule has 0 unspecified atom stereocenters. The standard InChI is InChI=1S/C14H12ClN3OS2/c1-18(16-9-12(19)13-3-2-8-21-13)14(20)17-11-6-4-10(15)5-7-11/h2-9H,1H3,(H,17,20)/b16-9+. The SMILES string of the molecule is CN(/N=C/C(=O)c1cccs1)C(=S)Nc1ccc(Cl)cc1. The van der Waals surface area contributed by atoms with E-state index in [0.717, 1.165) is 5.69 Å². The lowest BCUT2D eigenvalue weighted by molar-refractivity contribution is 0.107. The van der Waals surface area contributed by atoms with Crippen molar-refractivity contribution in [3.63, 3.8) is 0 Å². The van der Waals surface area contributed by atoms with Crippen molar-refractivity contribution in [3.8, 4) is 0 Å². The number of hydrogen-bond acceptors (Lipinski definition) is 4. The molecule has 0 amide bonds. The molecule has 0 fully saturated rings. The maximum atomic E-state index is 11.8. The van der Waals surface area contributed by atoms with Gasteiger partial charge in [0, 0.05) is 17.8 Å². The van der Waals surface area contributed by atoms with Crippen molar-refractivity contribution < 1.29 is 4.79 Å². The van der Waals surface area contributed by atoms with Gasteiger partial charge in [-0.05, 0) is 47.9 Å². The van der Waals surface area contributed by atoms with Gasteiger partial charge in [-0.1, -0.05) is 17.7 Å². The lowest BCUT2D eigenvalue weighted by Gasteiger charge is -2.15. The van der Waals surface area contributed by atoms with Crippen LogP contribution >= 0.6 is 35.2 Å². The van der Waals surface area contributed by atoms with Crippen LogP contribution in [0.4, 0.5) is 5.69 Å². The van der Waals surface area contributed by atoms with E-state index in [-0.39, 0.29) is 5.78 Å². The maximum absolute atomic E-state index is 11.8. The molecule has 108 valence electrons. The van der Waals surface area contributed by atoms with E-state index in [4.69, 9.17) is 23.8 Å². The molecule has 0 spiro atoms. The van der Waals surface area contributed by atoms with Crippen molar-refractivity contribution in [2.45, 2.75) is 0 Å². The highest BCUT2D eigenvalue weighted by atomic mass is 35.5. The molecule has 0 aliphatic heterocycles. The Labute approximate surface area is 137 Å². The van der Waals surface area contributed by atoms with E-state index in [1.165, 1.54) is 22.6 Å². The quantitative estimate of drug-likeness (QED) is 0.398. The number of hydrogen-bond donors (Lipinski definition) is 1. The Kier molecular flexibility index (Phi) is 5.44. The Morgan fingerprint density at radius 3 is 2.71 bits per heavy atom. The lowest BCUT2D eigenvalue weighted by Crippen LogP contribution is -2.27. The Bertz CT molecular complexity index is 653. The van der Waals surface area contributed by atoms with Gasteiger partial charge in [-0.2, -0.15) is 5.10 Å².